The van der Waals surface area contributed by atoms with Gasteiger partial charge < -0.3 is 15.2 Å². The maximum absolute atomic E-state index is 6.01. The third-order valence-electron chi connectivity index (χ3n) is 2.42. The lowest BCUT2D eigenvalue weighted by molar-refractivity contribution is 0.187. The molecule has 1 aromatic rings. The van der Waals surface area contributed by atoms with E-state index in [4.69, 9.17) is 15.2 Å². The molecule has 0 aliphatic heterocycles. The molecule has 1 unspecified atom stereocenters. The molecule has 0 spiro atoms. The average Bonchev–Trinajstić information content (AvgIpc) is 2.27. The SMILES string of the molecule is COCCC(N)Cc1cc(Br)ccc1OC. The summed E-state index contributed by atoms with van der Waals surface area (Å²) in [4.78, 5) is 0. The standard InChI is InChI=1S/C12H18BrNO2/c1-15-6-5-11(14)8-9-7-10(13)3-4-12(9)16-2/h3-4,7,11H,5-6,8,14H2,1-2H3. The summed E-state index contributed by atoms with van der Waals surface area (Å²) >= 11 is 3.45. The third-order valence-corrected chi connectivity index (χ3v) is 2.91. The van der Waals surface area contributed by atoms with Gasteiger partial charge in [-0.3, -0.25) is 0 Å². The fourth-order valence-electron chi connectivity index (χ4n) is 1.56. The summed E-state index contributed by atoms with van der Waals surface area (Å²) in [6.07, 6.45) is 1.65. The maximum atomic E-state index is 6.01. The van der Waals surface area contributed by atoms with Crippen LogP contribution >= 0.6 is 15.9 Å². The predicted molar refractivity (Wildman–Crippen MR) is 68.9 cm³/mol. The first-order valence-electron chi connectivity index (χ1n) is 5.24. The Morgan fingerprint density at radius 1 is 1.38 bits per heavy atom. The number of hydrogen-bond donors (Lipinski definition) is 1. The molecule has 1 aromatic carbocycles. The van der Waals surface area contributed by atoms with Gasteiger partial charge in [0.15, 0.2) is 0 Å². The number of methoxy groups -OCH3 is 2. The van der Waals surface area contributed by atoms with Crippen molar-refractivity contribution in [1.82, 2.24) is 0 Å². The van der Waals surface area contributed by atoms with Crippen LogP contribution in [-0.2, 0) is 11.2 Å². The monoisotopic (exact) mass is 287 g/mol. The second-order valence-electron chi connectivity index (χ2n) is 3.70. The van der Waals surface area contributed by atoms with E-state index in [9.17, 15) is 0 Å². The van der Waals surface area contributed by atoms with Crippen LogP contribution in [0.2, 0.25) is 0 Å². The summed E-state index contributed by atoms with van der Waals surface area (Å²) in [7, 11) is 3.36. The van der Waals surface area contributed by atoms with Crippen molar-refractivity contribution in [2.45, 2.75) is 18.9 Å². The van der Waals surface area contributed by atoms with Crippen LogP contribution in [0.1, 0.15) is 12.0 Å². The van der Waals surface area contributed by atoms with E-state index >= 15 is 0 Å². The van der Waals surface area contributed by atoms with Crippen LogP contribution in [0.15, 0.2) is 22.7 Å². The Balaban J connectivity index is 2.67. The number of ether oxygens (including phenoxy) is 2. The zero-order chi connectivity index (χ0) is 12.0. The first-order chi connectivity index (χ1) is 7.67. The van der Waals surface area contributed by atoms with Gasteiger partial charge >= 0.3 is 0 Å². The summed E-state index contributed by atoms with van der Waals surface area (Å²) in [5.74, 6) is 0.885. The minimum absolute atomic E-state index is 0.100. The van der Waals surface area contributed by atoms with Crippen LogP contribution < -0.4 is 10.5 Å². The molecule has 0 saturated carbocycles. The van der Waals surface area contributed by atoms with Gasteiger partial charge in [-0.1, -0.05) is 15.9 Å². The van der Waals surface area contributed by atoms with Crippen molar-refractivity contribution in [3.63, 3.8) is 0 Å². The van der Waals surface area contributed by atoms with Gasteiger partial charge in [-0.05, 0) is 36.6 Å². The second kappa shape index (κ2) is 6.89. The highest BCUT2D eigenvalue weighted by Crippen LogP contribution is 2.24. The molecular formula is C12H18BrNO2. The minimum Gasteiger partial charge on any atom is -0.496 e. The molecule has 0 amide bonds. The van der Waals surface area contributed by atoms with Gasteiger partial charge in [-0.15, -0.1) is 0 Å². The molecule has 0 saturated heterocycles. The van der Waals surface area contributed by atoms with Crippen molar-refractivity contribution in [2.24, 2.45) is 5.73 Å². The minimum atomic E-state index is 0.100. The lowest BCUT2D eigenvalue weighted by Gasteiger charge is -2.14. The van der Waals surface area contributed by atoms with E-state index in [0.717, 1.165) is 28.6 Å². The quantitative estimate of drug-likeness (QED) is 0.874. The Labute approximate surface area is 105 Å². The number of benzene rings is 1. The average molecular weight is 288 g/mol. The first-order valence-corrected chi connectivity index (χ1v) is 6.03. The lowest BCUT2D eigenvalue weighted by atomic mass is 10.0. The van der Waals surface area contributed by atoms with Crippen molar-refractivity contribution >= 4 is 15.9 Å². The molecule has 1 atom stereocenters. The molecule has 2 N–H and O–H groups in total. The van der Waals surface area contributed by atoms with Crippen molar-refractivity contribution in [1.29, 1.82) is 0 Å². The van der Waals surface area contributed by atoms with Crippen LogP contribution in [0.4, 0.5) is 0 Å². The van der Waals surface area contributed by atoms with Crippen molar-refractivity contribution in [2.75, 3.05) is 20.8 Å². The Bertz CT molecular complexity index is 331. The summed E-state index contributed by atoms with van der Waals surface area (Å²) in [6.45, 7) is 0.692. The van der Waals surface area contributed by atoms with E-state index in [1.165, 1.54) is 0 Å². The van der Waals surface area contributed by atoms with Gasteiger partial charge in [-0.25, -0.2) is 0 Å². The highest BCUT2D eigenvalue weighted by atomic mass is 79.9. The lowest BCUT2D eigenvalue weighted by Crippen LogP contribution is -2.24. The number of rotatable bonds is 6. The van der Waals surface area contributed by atoms with Gasteiger partial charge in [0.25, 0.3) is 0 Å². The van der Waals surface area contributed by atoms with E-state index in [1.807, 2.05) is 18.2 Å². The molecule has 1 rings (SSSR count). The molecule has 0 heterocycles. The van der Waals surface area contributed by atoms with E-state index in [-0.39, 0.29) is 6.04 Å². The van der Waals surface area contributed by atoms with Gasteiger partial charge in [-0.2, -0.15) is 0 Å². The van der Waals surface area contributed by atoms with Crippen LogP contribution in [-0.4, -0.2) is 26.9 Å². The van der Waals surface area contributed by atoms with E-state index in [1.54, 1.807) is 14.2 Å². The number of nitrogens with two attached hydrogens (primary N) is 1. The summed E-state index contributed by atoms with van der Waals surface area (Å²) in [6, 6.07) is 6.06. The molecule has 3 nitrogen and oxygen atoms in total. The Hall–Kier alpha value is -0.580. The molecule has 16 heavy (non-hydrogen) atoms. The maximum Gasteiger partial charge on any atom is 0.122 e. The van der Waals surface area contributed by atoms with E-state index in [0.29, 0.717) is 6.61 Å². The van der Waals surface area contributed by atoms with Crippen LogP contribution in [0.5, 0.6) is 5.75 Å². The van der Waals surface area contributed by atoms with Gasteiger partial charge in [0.2, 0.25) is 0 Å². The highest BCUT2D eigenvalue weighted by molar-refractivity contribution is 9.10. The van der Waals surface area contributed by atoms with Gasteiger partial charge in [0.1, 0.15) is 5.75 Å². The van der Waals surface area contributed by atoms with Crippen LogP contribution in [0.3, 0.4) is 0 Å². The molecule has 0 aromatic heterocycles. The van der Waals surface area contributed by atoms with Crippen LogP contribution in [0, 0.1) is 0 Å². The zero-order valence-electron chi connectivity index (χ0n) is 9.70. The van der Waals surface area contributed by atoms with Gasteiger partial charge in [0, 0.05) is 24.2 Å². The largest absolute Gasteiger partial charge is 0.496 e. The Morgan fingerprint density at radius 3 is 2.75 bits per heavy atom. The van der Waals surface area contributed by atoms with Crippen LogP contribution in [0.25, 0.3) is 0 Å². The molecule has 0 aliphatic carbocycles. The molecule has 90 valence electrons. The molecule has 0 aliphatic rings. The fraction of sp³-hybridized carbons (Fsp3) is 0.500. The number of hydrogen-bond acceptors (Lipinski definition) is 3. The summed E-state index contributed by atoms with van der Waals surface area (Å²) in [5, 5.41) is 0. The third kappa shape index (κ3) is 4.12. The molecule has 0 fully saturated rings. The molecule has 4 heteroatoms. The second-order valence-corrected chi connectivity index (χ2v) is 4.62. The highest BCUT2D eigenvalue weighted by Gasteiger charge is 2.09. The predicted octanol–water partition coefficient (Wildman–Crippen LogP) is 2.36. The summed E-state index contributed by atoms with van der Waals surface area (Å²) < 4.78 is 11.4. The molecular weight excluding hydrogens is 270 g/mol. The molecule has 0 bridgehead atoms. The molecule has 0 radical (unpaired) electrons. The first kappa shape index (κ1) is 13.5. The zero-order valence-corrected chi connectivity index (χ0v) is 11.3. The smallest absolute Gasteiger partial charge is 0.122 e. The normalized spacial score (nSPS) is 12.5. The fourth-order valence-corrected chi connectivity index (χ4v) is 1.97. The Morgan fingerprint density at radius 2 is 2.12 bits per heavy atom. The van der Waals surface area contributed by atoms with Crippen molar-refractivity contribution in [3.05, 3.63) is 28.2 Å². The van der Waals surface area contributed by atoms with Gasteiger partial charge in [0.05, 0.1) is 7.11 Å². The topological polar surface area (TPSA) is 44.5 Å². The van der Waals surface area contributed by atoms with E-state index in [2.05, 4.69) is 15.9 Å². The van der Waals surface area contributed by atoms with Crippen molar-refractivity contribution in [3.8, 4) is 5.75 Å². The summed E-state index contributed by atoms with van der Waals surface area (Å²) in [5.41, 5.74) is 7.14. The Kier molecular flexibility index (Phi) is 5.80. The van der Waals surface area contributed by atoms with Crippen molar-refractivity contribution < 1.29 is 9.47 Å². The van der Waals surface area contributed by atoms with E-state index < -0.39 is 0 Å². The number of halogens is 1.